The predicted octanol–water partition coefficient (Wildman–Crippen LogP) is 8.92. The van der Waals surface area contributed by atoms with Gasteiger partial charge in [-0.3, -0.25) is 0 Å². The molecule has 0 aromatic heterocycles. The highest BCUT2D eigenvalue weighted by Crippen LogP contribution is 2.56. The maximum absolute atomic E-state index is 13.6. The van der Waals surface area contributed by atoms with Gasteiger partial charge in [0.15, 0.2) is 0 Å². The molecule has 0 bridgehead atoms. The molecule has 0 unspecified atom stereocenters. The van der Waals surface area contributed by atoms with E-state index >= 15 is 0 Å². The summed E-state index contributed by atoms with van der Waals surface area (Å²) in [6.07, 6.45) is 10.5. The first kappa shape index (κ1) is 27.1. The zero-order valence-corrected chi connectivity index (χ0v) is 20.1. The van der Waals surface area contributed by atoms with Crippen molar-refractivity contribution in [1.82, 2.24) is 0 Å². The average Bonchev–Trinajstić information content (AvgIpc) is 2.67. The third-order valence-corrected chi connectivity index (χ3v) is 5.57. The highest BCUT2D eigenvalue weighted by molar-refractivity contribution is 7.48. The van der Waals surface area contributed by atoms with Crippen LogP contribution < -0.4 is 0 Å². The monoisotopic (exact) mass is 422 g/mol. The minimum atomic E-state index is -4.08. The summed E-state index contributed by atoms with van der Waals surface area (Å²) in [5, 5.41) is 0. The second-order valence-corrected chi connectivity index (χ2v) is 7.91. The molecule has 0 atom stereocenters. The van der Waals surface area contributed by atoms with Gasteiger partial charge in [-0.2, -0.15) is 4.57 Å². The zero-order chi connectivity index (χ0) is 22.4. The van der Waals surface area contributed by atoms with Crippen LogP contribution in [0.25, 0.3) is 0 Å². The Morgan fingerprint density at radius 2 is 0.862 bits per heavy atom. The van der Waals surface area contributed by atoms with Gasteiger partial charge in [0.1, 0.15) is 17.3 Å². The molecule has 29 heavy (non-hydrogen) atoms. The van der Waals surface area contributed by atoms with Crippen LogP contribution in [-0.4, -0.2) is 0 Å². The van der Waals surface area contributed by atoms with E-state index in [2.05, 4.69) is 19.7 Å². The molecule has 0 aromatic rings. The lowest BCUT2D eigenvalue weighted by molar-refractivity contribution is 0.201. The van der Waals surface area contributed by atoms with E-state index in [-0.39, 0.29) is 17.3 Å². The van der Waals surface area contributed by atoms with Gasteiger partial charge in [0.05, 0.1) is 0 Å². The van der Waals surface area contributed by atoms with E-state index in [0.717, 1.165) is 36.0 Å². The van der Waals surface area contributed by atoms with Gasteiger partial charge in [-0.15, -0.1) is 0 Å². The molecule has 0 saturated carbocycles. The molecule has 0 N–H and O–H groups in total. The van der Waals surface area contributed by atoms with Crippen molar-refractivity contribution in [2.75, 3.05) is 0 Å². The summed E-state index contributed by atoms with van der Waals surface area (Å²) in [5.74, 6) is 0.815. The first-order valence-corrected chi connectivity index (χ1v) is 12.0. The minimum Gasteiger partial charge on any atom is -0.386 e. The molecule has 0 heterocycles. The molecule has 4 nitrogen and oxygen atoms in total. The van der Waals surface area contributed by atoms with Crippen LogP contribution in [0.3, 0.4) is 0 Å². The Bertz CT molecular complexity index is 615. The second-order valence-electron chi connectivity index (χ2n) is 6.46. The normalized spacial score (nSPS) is 13.1. The van der Waals surface area contributed by atoms with Crippen LogP contribution in [0, 0.1) is 0 Å². The van der Waals surface area contributed by atoms with Crippen LogP contribution in [0.1, 0.15) is 80.1 Å². The van der Waals surface area contributed by atoms with E-state index in [1.54, 1.807) is 0 Å². The molecule has 0 spiro atoms. The summed E-state index contributed by atoms with van der Waals surface area (Å²) in [6, 6.07) is 0. The summed E-state index contributed by atoms with van der Waals surface area (Å²) in [5.41, 5.74) is 2.57. The summed E-state index contributed by atoms with van der Waals surface area (Å²) in [6.45, 7) is 23.8. The topological polar surface area (TPSA) is 44.8 Å². The highest BCUT2D eigenvalue weighted by atomic mass is 31.2. The second kappa shape index (κ2) is 14.1. The van der Waals surface area contributed by atoms with Gasteiger partial charge in [0, 0.05) is 0 Å². The third kappa shape index (κ3) is 9.41. The Kier molecular flexibility index (Phi) is 13.2. The van der Waals surface area contributed by atoms with Gasteiger partial charge in [-0.05, 0) is 55.2 Å². The van der Waals surface area contributed by atoms with Crippen LogP contribution >= 0.6 is 7.82 Å². The maximum atomic E-state index is 13.6. The van der Waals surface area contributed by atoms with Crippen LogP contribution in [-0.2, 0) is 18.1 Å². The van der Waals surface area contributed by atoms with Crippen molar-refractivity contribution in [1.29, 1.82) is 0 Å². The fourth-order valence-electron chi connectivity index (χ4n) is 2.74. The van der Waals surface area contributed by atoms with Gasteiger partial charge in [0.25, 0.3) is 0 Å². The van der Waals surface area contributed by atoms with Crippen LogP contribution in [0.15, 0.2) is 72.0 Å². The Labute approximate surface area is 178 Å². The smallest absolute Gasteiger partial charge is 0.386 e. The summed E-state index contributed by atoms with van der Waals surface area (Å²) in [7, 11) is -4.08. The molecule has 164 valence electrons. The lowest BCUT2D eigenvalue weighted by Crippen LogP contribution is -2.04. The molecule has 5 heteroatoms. The van der Waals surface area contributed by atoms with Crippen molar-refractivity contribution in [3.8, 4) is 0 Å². The van der Waals surface area contributed by atoms with Crippen LogP contribution in [0.2, 0.25) is 0 Å². The van der Waals surface area contributed by atoms with E-state index in [1.165, 1.54) is 0 Å². The summed E-state index contributed by atoms with van der Waals surface area (Å²) >= 11 is 0. The molecule has 0 fully saturated rings. The molecule has 0 radical (unpaired) electrons. The molecular weight excluding hydrogens is 383 g/mol. The Balaban J connectivity index is 5.88. The molecule has 0 aliphatic heterocycles. The van der Waals surface area contributed by atoms with Crippen LogP contribution in [0.5, 0.6) is 0 Å². The largest absolute Gasteiger partial charge is 0.647 e. The third-order valence-electron chi connectivity index (χ3n) is 4.23. The van der Waals surface area contributed by atoms with Gasteiger partial charge >= 0.3 is 7.82 Å². The average molecular weight is 423 g/mol. The van der Waals surface area contributed by atoms with Gasteiger partial charge in [0.2, 0.25) is 0 Å². The van der Waals surface area contributed by atoms with Crippen LogP contribution in [0.4, 0.5) is 0 Å². The van der Waals surface area contributed by atoms with Crippen molar-refractivity contribution < 1.29 is 18.1 Å². The van der Waals surface area contributed by atoms with Crippen molar-refractivity contribution in [3.05, 3.63) is 72.0 Å². The first-order valence-electron chi connectivity index (χ1n) is 10.5. The zero-order valence-electron chi connectivity index (χ0n) is 19.2. The molecule has 0 saturated heterocycles. The fourth-order valence-corrected chi connectivity index (χ4v) is 4.02. The molecule has 0 rings (SSSR count). The molecule has 0 aliphatic carbocycles. The fraction of sp³-hybridized carbons (Fsp3) is 0.500. The number of allylic oxidation sites excluding steroid dienone is 6. The molecular formula is C24H39O4P. The minimum absolute atomic E-state index is 0.272. The number of hydrogen-bond acceptors (Lipinski definition) is 4. The molecule has 0 aliphatic rings. The highest BCUT2D eigenvalue weighted by Gasteiger charge is 2.35. The SMILES string of the molecule is C=C(OP(=O)(OC(=C)/C(=C/CC)CC)OC(=C)/C(=C/CC)CC)/C(=C/CC)CC. The van der Waals surface area contributed by atoms with Crippen molar-refractivity contribution in [2.45, 2.75) is 80.1 Å². The predicted molar refractivity (Wildman–Crippen MR) is 124 cm³/mol. The van der Waals surface area contributed by atoms with Crippen molar-refractivity contribution in [3.63, 3.8) is 0 Å². The van der Waals surface area contributed by atoms with Crippen molar-refractivity contribution in [2.24, 2.45) is 0 Å². The quantitative estimate of drug-likeness (QED) is 0.150. The lowest BCUT2D eigenvalue weighted by Gasteiger charge is -2.24. The standard InChI is InChI=1S/C24H39O4P/c1-10-16-22(13-4)19(7)26-29(25,27-20(8)23(14-5)17-11-2)28-21(9)24(15-6)18-12-3/h16-18H,7-15H2,1-6H3/b22-16+,23-17+,24-18+. The molecule has 0 amide bonds. The first-order chi connectivity index (χ1) is 13.7. The summed E-state index contributed by atoms with van der Waals surface area (Å²) < 4.78 is 30.7. The summed E-state index contributed by atoms with van der Waals surface area (Å²) in [4.78, 5) is 0. The number of hydrogen-bond donors (Lipinski definition) is 0. The van der Waals surface area contributed by atoms with E-state index < -0.39 is 7.82 Å². The number of phosphoric ester groups is 1. The van der Waals surface area contributed by atoms with Gasteiger partial charge < -0.3 is 13.6 Å². The van der Waals surface area contributed by atoms with E-state index in [1.807, 2.05) is 59.8 Å². The maximum Gasteiger partial charge on any atom is 0.647 e. The van der Waals surface area contributed by atoms with Gasteiger partial charge in [-0.1, -0.05) is 79.5 Å². The number of rotatable bonds is 15. The Morgan fingerprint density at radius 3 is 1.03 bits per heavy atom. The van der Waals surface area contributed by atoms with E-state index in [0.29, 0.717) is 19.3 Å². The van der Waals surface area contributed by atoms with E-state index in [9.17, 15) is 4.57 Å². The molecule has 0 aromatic carbocycles. The lowest BCUT2D eigenvalue weighted by atomic mass is 10.1. The van der Waals surface area contributed by atoms with Gasteiger partial charge in [-0.25, -0.2) is 0 Å². The number of phosphoric acid groups is 1. The van der Waals surface area contributed by atoms with Crippen molar-refractivity contribution >= 4 is 7.82 Å². The Hall–Kier alpha value is -1.93. The van der Waals surface area contributed by atoms with E-state index in [4.69, 9.17) is 13.6 Å². The Morgan fingerprint density at radius 1 is 0.621 bits per heavy atom.